The van der Waals surface area contributed by atoms with Crippen LogP contribution in [0.25, 0.3) is 0 Å². The molecule has 0 spiro atoms. The van der Waals surface area contributed by atoms with Crippen molar-refractivity contribution in [2.75, 3.05) is 0 Å². The first-order valence-electron chi connectivity index (χ1n) is 2.08. The lowest BCUT2D eigenvalue weighted by Gasteiger charge is -2.04. The van der Waals surface area contributed by atoms with Crippen molar-refractivity contribution in [2.45, 2.75) is 17.1 Å². The van der Waals surface area contributed by atoms with Crippen LogP contribution in [0.4, 0.5) is 0 Å². The van der Waals surface area contributed by atoms with Crippen LogP contribution in [-0.2, 0) is 4.79 Å². The van der Waals surface area contributed by atoms with Gasteiger partial charge >= 0.3 is 0 Å². The number of hydrogen-bond acceptors (Lipinski definition) is 1. The Morgan fingerprint density at radius 3 is 1.88 bits per heavy atom. The zero-order valence-electron chi connectivity index (χ0n) is 4.25. The molecule has 0 radical (unpaired) electrons. The van der Waals surface area contributed by atoms with Crippen LogP contribution in [0.2, 0.25) is 0 Å². The van der Waals surface area contributed by atoms with Crippen molar-refractivity contribution < 1.29 is 4.79 Å². The third-order valence-corrected chi connectivity index (χ3v) is 1.27. The second-order valence-electron chi connectivity index (χ2n) is 1.27. The molecular formula is C4H5Cl3O. The maximum Gasteiger partial charge on any atom is 0.248 e. The van der Waals surface area contributed by atoms with Gasteiger partial charge in [-0.25, -0.2) is 0 Å². The summed E-state index contributed by atoms with van der Waals surface area (Å²) in [7, 11) is 0. The SMILES string of the molecule is CCC(=O)C(Cl)(Cl)Cl. The molecule has 0 aromatic carbocycles. The second-order valence-corrected chi connectivity index (χ2v) is 3.56. The zero-order valence-corrected chi connectivity index (χ0v) is 6.52. The average molecular weight is 175 g/mol. The number of rotatable bonds is 1. The van der Waals surface area contributed by atoms with Crippen LogP contribution in [0.5, 0.6) is 0 Å². The van der Waals surface area contributed by atoms with Gasteiger partial charge in [0, 0.05) is 6.42 Å². The number of ketones is 1. The Balaban J connectivity index is 3.82. The molecule has 0 aliphatic heterocycles. The van der Waals surface area contributed by atoms with Gasteiger partial charge in [-0.15, -0.1) is 0 Å². The van der Waals surface area contributed by atoms with Gasteiger partial charge in [-0.3, -0.25) is 4.79 Å². The van der Waals surface area contributed by atoms with Crippen LogP contribution in [0.3, 0.4) is 0 Å². The first-order chi connectivity index (χ1) is 3.48. The molecule has 0 unspecified atom stereocenters. The van der Waals surface area contributed by atoms with Gasteiger partial charge in [0.25, 0.3) is 0 Å². The summed E-state index contributed by atoms with van der Waals surface area (Å²) in [4.78, 5) is 10.4. The van der Waals surface area contributed by atoms with Crippen LogP contribution >= 0.6 is 34.8 Å². The minimum atomic E-state index is -1.71. The minimum absolute atomic E-state index is 0.260. The van der Waals surface area contributed by atoms with Crippen LogP contribution < -0.4 is 0 Å². The van der Waals surface area contributed by atoms with E-state index < -0.39 is 3.79 Å². The summed E-state index contributed by atoms with van der Waals surface area (Å²) in [5.74, 6) is -0.373. The van der Waals surface area contributed by atoms with Gasteiger partial charge in [0.2, 0.25) is 3.79 Å². The third kappa shape index (κ3) is 2.75. The Morgan fingerprint density at radius 2 is 1.88 bits per heavy atom. The maximum absolute atomic E-state index is 10.4. The zero-order chi connectivity index (χ0) is 6.78. The predicted octanol–water partition coefficient (Wildman–Crippen LogP) is 2.34. The fourth-order valence-electron chi connectivity index (χ4n) is 0.200. The van der Waals surface area contributed by atoms with Crippen LogP contribution in [0.15, 0.2) is 0 Å². The largest absolute Gasteiger partial charge is 0.295 e. The van der Waals surface area contributed by atoms with Crippen molar-refractivity contribution in [1.29, 1.82) is 0 Å². The maximum atomic E-state index is 10.4. The third-order valence-electron chi connectivity index (χ3n) is 0.637. The average Bonchev–Trinajstić information content (AvgIpc) is 1.62. The van der Waals surface area contributed by atoms with Crippen LogP contribution in [0.1, 0.15) is 13.3 Å². The predicted molar refractivity (Wildman–Crippen MR) is 35.6 cm³/mol. The van der Waals surface area contributed by atoms with E-state index in [1.807, 2.05) is 0 Å². The Kier molecular flexibility index (Phi) is 3.10. The molecule has 0 N–H and O–H groups in total. The van der Waals surface area contributed by atoms with E-state index in [1.54, 1.807) is 6.92 Å². The van der Waals surface area contributed by atoms with Gasteiger partial charge in [-0.2, -0.15) is 0 Å². The van der Waals surface area contributed by atoms with Gasteiger partial charge < -0.3 is 0 Å². The van der Waals surface area contributed by atoms with E-state index in [-0.39, 0.29) is 12.2 Å². The van der Waals surface area contributed by atoms with Gasteiger partial charge in [0.1, 0.15) is 0 Å². The topological polar surface area (TPSA) is 17.1 Å². The molecule has 0 atom stereocenters. The molecule has 1 nitrogen and oxygen atoms in total. The molecule has 0 saturated heterocycles. The smallest absolute Gasteiger partial charge is 0.248 e. The molecule has 4 heteroatoms. The van der Waals surface area contributed by atoms with E-state index in [9.17, 15) is 4.79 Å². The summed E-state index contributed by atoms with van der Waals surface area (Å²) in [6.45, 7) is 1.64. The number of carbonyl (C=O) groups excluding carboxylic acids is 1. The highest BCUT2D eigenvalue weighted by molar-refractivity contribution is 6.76. The summed E-state index contributed by atoms with van der Waals surface area (Å²) >= 11 is 15.5. The molecule has 8 heavy (non-hydrogen) atoms. The monoisotopic (exact) mass is 174 g/mol. The van der Waals surface area contributed by atoms with Crippen molar-refractivity contribution in [3.8, 4) is 0 Å². The number of alkyl halides is 3. The first kappa shape index (κ1) is 8.54. The highest BCUT2D eigenvalue weighted by atomic mass is 35.6. The van der Waals surface area contributed by atoms with Gasteiger partial charge in [0.15, 0.2) is 5.78 Å². The Bertz CT molecular complexity index is 93.9. The molecule has 0 aliphatic rings. The molecule has 0 saturated carbocycles. The Labute approximate surface area is 62.9 Å². The van der Waals surface area contributed by atoms with Crippen molar-refractivity contribution in [3.05, 3.63) is 0 Å². The van der Waals surface area contributed by atoms with Crippen molar-refractivity contribution in [1.82, 2.24) is 0 Å². The summed E-state index contributed by atoms with van der Waals surface area (Å²) < 4.78 is -1.71. The Morgan fingerprint density at radius 1 is 1.50 bits per heavy atom. The lowest BCUT2D eigenvalue weighted by Crippen LogP contribution is -2.16. The molecule has 0 aromatic heterocycles. The van der Waals surface area contributed by atoms with Crippen LogP contribution in [0, 0.1) is 0 Å². The second kappa shape index (κ2) is 2.90. The fraction of sp³-hybridized carbons (Fsp3) is 0.750. The van der Waals surface area contributed by atoms with E-state index in [2.05, 4.69) is 0 Å². The lowest BCUT2D eigenvalue weighted by molar-refractivity contribution is -0.117. The molecule has 0 fully saturated rings. The van der Waals surface area contributed by atoms with E-state index in [0.717, 1.165) is 0 Å². The highest BCUT2D eigenvalue weighted by Gasteiger charge is 2.27. The molecular weight excluding hydrogens is 170 g/mol. The number of Topliss-reactive ketones (excluding diaryl/α,β-unsaturated/α-hetero) is 1. The van der Waals surface area contributed by atoms with E-state index in [4.69, 9.17) is 34.8 Å². The highest BCUT2D eigenvalue weighted by Crippen LogP contribution is 2.27. The normalized spacial score (nSPS) is 11.5. The summed E-state index contributed by atoms with van der Waals surface area (Å²) in [5.41, 5.74) is 0. The van der Waals surface area contributed by atoms with Gasteiger partial charge in [-0.05, 0) is 0 Å². The van der Waals surface area contributed by atoms with Gasteiger partial charge in [0.05, 0.1) is 0 Å². The standard InChI is InChI=1S/C4H5Cl3O/c1-2-3(8)4(5,6)7/h2H2,1H3. The Hall–Kier alpha value is 0.540. The van der Waals surface area contributed by atoms with Gasteiger partial charge in [-0.1, -0.05) is 41.7 Å². The summed E-state index contributed by atoms with van der Waals surface area (Å²) in [6.07, 6.45) is 0.260. The quantitative estimate of drug-likeness (QED) is 0.559. The summed E-state index contributed by atoms with van der Waals surface area (Å²) in [5, 5.41) is 0. The van der Waals surface area contributed by atoms with E-state index >= 15 is 0 Å². The minimum Gasteiger partial charge on any atom is -0.295 e. The first-order valence-corrected chi connectivity index (χ1v) is 3.22. The van der Waals surface area contributed by atoms with Crippen molar-refractivity contribution >= 4 is 40.6 Å². The van der Waals surface area contributed by atoms with E-state index in [1.165, 1.54) is 0 Å². The molecule has 0 rings (SSSR count). The molecule has 48 valence electrons. The van der Waals surface area contributed by atoms with Crippen molar-refractivity contribution in [2.24, 2.45) is 0 Å². The van der Waals surface area contributed by atoms with E-state index in [0.29, 0.717) is 0 Å². The number of halogens is 3. The molecule has 0 aromatic rings. The lowest BCUT2D eigenvalue weighted by atomic mass is 10.3. The molecule has 0 heterocycles. The number of carbonyl (C=O) groups is 1. The number of hydrogen-bond donors (Lipinski definition) is 0. The molecule has 0 aliphatic carbocycles. The van der Waals surface area contributed by atoms with Crippen molar-refractivity contribution in [3.63, 3.8) is 0 Å². The summed E-state index contributed by atoms with van der Waals surface area (Å²) in [6, 6.07) is 0. The fourth-order valence-corrected chi connectivity index (χ4v) is 0.601. The van der Waals surface area contributed by atoms with Crippen LogP contribution in [-0.4, -0.2) is 9.58 Å². The molecule has 0 amide bonds. The molecule has 0 bridgehead atoms.